The maximum atomic E-state index is 12.3. The first-order chi connectivity index (χ1) is 9.03. The third-order valence-electron chi connectivity index (χ3n) is 4.85. The van der Waals surface area contributed by atoms with Crippen LogP contribution in [-0.2, 0) is 9.59 Å². The molecule has 6 atom stereocenters. The van der Waals surface area contributed by atoms with Crippen molar-refractivity contribution in [1.29, 1.82) is 0 Å². The molecule has 0 radical (unpaired) electrons. The number of hydrogen-bond acceptors (Lipinski definition) is 4. The van der Waals surface area contributed by atoms with Crippen LogP contribution in [0.1, 0.15) is 19.3 Å². The zero-order valence-corrected chi connectivity index (χ0v) is 12.6. The second-order valence-electron chi connectivity index (χ2n) is 5.86. The average molecular weight is 379 g/mol. The van der Waals surface area contributed by atoms with Gasteiger partial charge in [-0.05, 0) is 0 Å². The van der Waals surface area contributed by atoms with Gasteiger partial charge in [0.2, 0.25) is 0 Å². The standard InChI is InChI=1S/C13H18INO4/c1-2-8-5-13(8,14(18)19)15-12(17)10-4-7-3-9(7)11(10)6-16/h2,6-11,18-19H,1,3-5H2,(H,15,17)/t7?,8-,9?,10?,11?,13-/m1/s1. The molecule has 1 amide bonds. The van der Waals surface area contributed by atoms with Crippen molar-refractivity contribution in [2.75, 3.05) is 0 Å². The van der Waals surface area contributed by atoms with E-state index in [1.165, 1.54) is 0 Å². The number of fused-ring (bicyclic) bond motifs is 1. The molecule has 5 nitrogen and oxygen atoms in total. The van der Waals surface area contributed by atoms with Crippen LogP contribution < -0.4 is 5.32 Å². The van der Waals surface area contributed by atoms with E-state index in [1.54, 1.807) is 6.08 Å². The molecule has 106 valence electrons. The zero-order chi connectivity index (χ0) is 13.8. The summed E-state index contributed by atoms with van der Waals surface area (Å²) in [6, 6.07) is 0. The maximum absolute atomic E-state index is 12.3. The van der Waals surface area contributed by atoms with E-state index in [1.807, 2.05) is 0 Å². The molecule has 19 heavy (non-hydrogen) atoms. The Kier molecular flexibility index (Phi) is 3.22. The molecule has 0 spiro atoms. The summed E-state index contributed by atoms with van der Waals surface area (Å²) in [7, 11) is 0. The van der Waals surface area contributed by atoms with Crippen LogP contribution in [0, 0.1) is 29.6 Å². The summed E-state index contributed by atoms with van der Waals surface area (Å²) >= 11 is -3.14. The van der Waals surface area contributed by atoms with Gasteiger partial charge in [-0.15, -0.1) is 0 Å². The summed E-state index contributed by atoms with van der Waals surface area (Å²) in [6.07, 6.45) is 4.96. The van der Waals surface area contributed by atoms with Crippen LogP contribution in [0.5, 0.6) is 0 Å². The molecule has 3 rings (SSSR count). The summed E-state index contributed by atoms with van der Waals surface area (Å²) in [5.41, 5.74) is 0. The van der Waals surface area contributed by atoms with Crippen LogP contribution in [0.2, 0.25) is 0 Å². The Morgan fingerprint density at radius 1 is 1.42 bits per heavy atom. The SMILES string of the molecule is C=C[C@@H]1C[C@]1(NC(=O)C1CC2CC2C1C=O)I(O)O. The van der Waals surface area contributed by atoms with E-state index in [9.17, 15) is 16.5 Å². The quantitative estimate of drug-likeness (QED) is 0.217. The average Bonchev–Trinajstić information content (AvgIpc) is 3.26. The normalized spacial score (nSPS) is 47.1. The zero-order valence-electron chi connectivity index (χ0n) is 10.5. The summed E-state index contributed by atoms with van der Waals surface area (Å²) in [4.78, 5) is 23.4. The van der Waals surface area contributed by atoms with E-state index in [-0.39, 0.29) is 23.7 Å². The number of halogens is 1. The van der Waals surface area contributed by atoms with Gasteiger partial charge < -0.3 is 0 Å². The van der Waals surface area contributed by atoms with Gasteiger partial charge in [0.25, 0.3) is 0 Å². The third-order valence-corrected chi connectivity index (χ3v) is 8.08. The van der Waals surface area contributed by atoms with Crippen LogP contribution in [0.15, 0.2) is 12.7 Å². The molecule has 0 heterocycles. The Balaban J connectivity index is 1.68. The van der Waals surface area contributed by atoms with Crippen molar-refractivity contribution in [3.8, 4) is 0 Å². The predicted octanol–water partition coefficient (Wildman–Crippen LogP) is 0.797. The Morgan fingerprint density at radius 2 is 2.16 bits per heavy atom. The number of hydrogen-bond donors (Lipinski definition) is 3. The molecule has 3 aliphatic rings. The minimum atomic E-state index is -3.14. The van der Waals surface area contributed by atoms with E-state index in [0.717, 1.165) is 19.1 Å². The fourth-order valence-corrected chi connectivity index (χ4v) is 5.83. The van der Waals surface area contributed by atoms with Gasteiger partial charge >= 0.3 is 120 Å². The van der Waals surface area contributed by atoms with Gasteiger partial charge in [-0.3, -0.25) is 0 Å². The van der Waals surface area contributed by atoms with Crippen molar-refractivity contribution in [2.24, 2.45) is 29.6 Å². The molecule has 6 heteroatoms. The second kappa shape index (κ2) is 4.53. The van der Waals surface area contributed by atoms with Crippen LogP contribution in [-0.4, -0.2) is 22.6 Å². The second-order valence-corrected chi connectivity index (χ2v) is 9.18. The molecule has 0 aliphatic heterocycles. The topological polar surface area (TPSA) is 86.6 Å². The molecule has 0 aromatic heterocycles. The first-order valence-electron chi connectivity index (χ1n) is 6.51. The molecule has 3 N–H and O–H groups in total. The first-order valence-corrected chi connectivity index (χ1v) is 9.52. The molecule has 3 fully saturated rings. The van der Waals surface area contributed by atoms with Crippen LogP contribution in [0.25, 0.3) is 0 Å². The van der Waals surface area contributed by atoms with Gasteiger partial charge in [0.1, 0.15) is 0 Å². The van der Waals surface area contributed by atoms with Crippen molar-refractivity contribution in [1.82, 2.24) is 5.32 Å². The van der Waals surface area contributed by atoms with E-state index < -0.39 is 24.2 Å². The van der Waals surface area contributed by atoms with Gasteiger partial charge in [-0.2, -0.15) is 0 Å². The monoisotopic (exact) mass is 379 g/mol. The molecule has 0 saturated heterocycles. The molecule has 0 bridgehead atoms. The number of carbonyl (C=O) groups excluding carboxylic acids is 2. The van der Waals surface area contributed by atoms with Crippen LogP contribution >= 0.6 is 20.6 Å². The van der Waals surface area contributed by atoms with Gasteiger partial charge in [-0.25, -0.2) is 0 Å². The molecule has 3 aliphatic carbocycles. The van der Waals surface area contributed by atoms with E-state index in [2.05, 4.69) is 11.9 Å². The van der Waals surface area contributed by atoms with Gasteiger partial charge in [0.05, 0.1) is 0 Å². The fraction of sp³-hybridized carbons (Fsp3) is 0.692. The predicted molar refractivity (Wildman–Crippen MR) is 76.9 cm³/mol. The van der Waals surface area contributed by atoms with Gasteiger partial charge in [0, 0.05) is 0 Å². The van der Waals surface area contributed by atoms with Gasteiger partial charge in [-0.1, -0.05) is 0 Å². The van der Waals surface area contributed by atoms with E-state index in [0.29, 0.717) is 18.3 Å². The third kappa shape index (κ3) is 2.04. The number of aldehydes is 1. The summed E-state index contributed by atoms with van der Waals surface area (Å²) in [6.45, 7) is 3.65. The Hall–Kier alpha value is -0.470. The first kappa shape index (κ1) is 13.5. The minimum absolute atomic E-state index is 0.0396. The number of carbonyl (C=O) groups is 2. The summed E-state index contributed by atoms with van der Waals surface area (Å²) in [5, 5.41) is 2.82. The Bertz CT molecular complexity index is 440. The summed E-state index contributed by atoms with van der Waals surface area (Å²) < 4.78 is 18.4. The number of nitrogens with one attached hydrogen (secondary N) is 1. The Morgan fingerprint density at radius 3 is 2.68 bits per heavy atom. The number of amides is 1. The molecular weight excluding hydrogens is 361 g/mol. The van der Waals surface area contributed by atoms with Crippen molar-refractivity contribution >= 4 is 32.8 Å². The van der Waals surface area contributed by atoms with Crippen molar-refractivity contribution < 1.29 is 16.5 Å². The van der Waals surface area contributed by atoms with Crippen molar-refractivity contribution in [3.63, 3.8) is 0 Å². The number of rotatable bonds is 5. The Labute approximate surface area is 119 Å². The molecule has 3 saturated carbocycles. The van der Waals surface area contributed by atoms with Gasteiger partial charge in [0.15, 0.2) is 0 Å². The molecular formula is C13H18INO4. The molecule has 0 aromatic rings. The molecule has 0 aromatic carbocycles. The van der Waals surface area contributed by atoms with Crippen LogP contribution in [0.3, 0.4) is 0 Å². The fourth-order valence-electron chi connectivity index (χ4n) is 3.48. The van der Waals surface area contributed by atoms with Crippen LogP contribution in [0.4, 0.5) is 0 Å². The van der Waals surface area contributed by atoms with Crippen molar-refractivity contribution in [3.05, 3.63) is 12.7 Å². The molecule has 4 unspecified atom stereocenters. The van der Waals surface area contributed by atoms with E-state index >= 15 is 0 Å². The summed E-state index contributed by atoms with van der Waals surface area (Å²) in [5.74, 6) is 0.231. The van der Waals surface area contributed by atoms with Crippen molar-refractivity contribution in [2.45, 2.75) is 22.8 Å². The number of alkyl halides is 1. The van der Waals surface area contributed by atoms with E-state index in [4.69, 9.17) is 0 Å².